The van der Waals surface area contributed by atoms with Crippen LogP contribution < -0.4 is 16.4 Å². The number of hydrogen-bond acceptors (Lipinski definition) is 4. The first kappa shape index (κ1) is 12.9. The largest absolute Gasteiger partial charge is 0.397 e. The maximum Gasteiger partial charge on any atom is 0.325 e. The molecule has 0 saturated carbocycles. The maximum absolute atomic E-state index is 11.8. The van der Waals surface area contributed by atoms with Gasteiger partial charge in [0.05, 0.1) is 17.9 Å². The van der Waals surface area contributed by atoms with Crippen molar-refractivity contribution in [3.8, 4) is 0 Å². The highest BCUT2D eigenvalue weighted by atomic mass is 16.2. The highest BCUT2D eigenvalue weighted by Crippen LogP contribution is 2.19. The molecule has 0 bridgehead atoms. The number of rotatable bonds is 3. The van der Waals surface area contributed by atoms with Crippen LogP contribution in [0.5, 0.6) is 0 Å². The van der Waals surface area contributed by atoms with Gasteiger partial charge in [-0.15, -0.1) is 0 Å². The summed E-state index contributed by atoms with van der Waals surface area (Å²) >= 11 is 0. The first-order valence-electron chi connectivity index (χ1n) is 5.71. The number of nitrogens with one attached hydrogen (secondary N) is 2. The summed E-state index contributed by atoms with van der Waals surface area (Å²) in [5, 5.41) is 4.91. The molecule has 1 aromatic carbocycles. The van der Waals surface area contributed by atoms with E-state index in [9.17, 15) is 14.4 Å². The van der Waals surface area contributed by atoms with Gasteiger partial charge in [-0.1, -0.05) is 6.07 Å². The molecule has 1 aliphatic rings. The Bertz CT molecular complexity index is 540. The van der Waals surface area contributed by atoms with Crippen LogP contribution in [0.2, 0.25) is 0 Å². The molecule has 4 amide bonds. The molecule has 1 aromatic rings. The molecule has 100 valence electrons. The molecule has 7 heteroatoms. The van der Waals surface area contributed by atoms with Gasteiger partial charge in [-0.25, -0.2) is 4.79 Å². The zero-order valence-corrected chi connectivity index (χ0v) is 10.4. The second kappa shape index (κ2) is 4.97. The number of nitrogen functional groups attached to an aromatic ring is 1. The molecule has 1 heterocycles. The van der Waals surface area contributed by atoms with Crippen molar-refractivity contribution in [2.24, 2.45) is 0 Å². The average Bonchev–Trinajstić information content (AvgIpc) is 2.65. The number of carbonyl (C=O) groups excluding carboxylic acids is 3. The van der Waals surface area contributed by atoms with Crippen LogP contribution in [-0.4, -0.2) is 35.8 Å². The molecule has 1 saturated heterocycles. The Morgan fingerprint density at radius 1 is 1.47 bits per heavy atom. The monoisotopic (exact) mass is 262 g/mol. The number of anilines is 2. The lowest BCUT2D eigenvalue weighted by Gasteiger charge is -2.13. The van der Waals surface area contributed by atoms with Crippen LogP contribution in [0.15, 0.2) is 18.2 Å². The van der Waals surface area contributed by atoms with Gasteiger partial charge < -0.3 is 16.4 Å². The number of aryl methyl sites for hydroxylation is 1. The minimum Gasteiger partial charge on any atom is -0.397 e. The first-order chi connectivity index (χ1) is 8.97. The fourth-order valence-corrected chi connectivity index (χ4v) is 1.74. The fourth-order valence-electron chi connectivity index (χ4n) is 1.74. The standard InChI is InChI=1S/C12H14N4O3/c1-7-2-3-9(8(13)4-7)15-10(17)6-16-11(18)5-14-12(16)19/h2-4H,5-6,13H2,1H3,(H,14,19)(H,15,17). The minimum absolute atomic E-state index is 0.0707. The molecule has 1 aliphatic heterocycles. The van der Waals surface area contributed by atoms with Gasteiger partial charge in [0.25, 0.3) is 5.91 Å². The fraction of sp³-hybridized carbons (Fsp3) is 0.250. The molecule has 19 heavy (non-hydrogen) atoms. The van der Waals surface area contributed by atoms with Crippen molar-refractivity contribution in [1.29, 1.82) is 0 Å². The molecule has 0 atom stereocenters. The lowest BCUT2D eigenvalue weighted by Crippen LogP contribution is -2.38. The zero-order valence-electron chi connectivity index (χ0n) is 10.4. The van der Waals surface area contributed by atoms with Gasteiger partial charge in [-0.3, -0.25) is 14.5 Å². The zero-order chi connectivity index (χ0) is 14.0. The molecular weight excluding hydrogens is 248 g/mol. The topological polar surface area (TPSA) is 105 Å². The maximum atomic E-state index is 11.8. The van der Waals surface area contributed by atoms with Gasteiger partial charge in [0.1, 0.15) is 6.54 Å². The number of benzene rings is 1. The van der Waals surface area contributed by atoms with Gasteiger partial charge in [-0.05, 0) is 24.6 Å². The Morgan fingerprint density at radius 3 is 2.79 bits per heavy atom. The van der Waals surface area contributed by atoms with Gasteiger partial charge in [0, 0.05) is 0 Å². The summed E-state index contributed by atoms with van der Waals surface area (Å²) in [6.45, 7) is 1.49. The minimum atomic E-state index is -0.558. The molecule has 0 radical (unpaired) electrons. The highest BCUT2D eigenvalue weighted by molar-refractivity contribution is 6.06. The van der Waals surface area contributed by atoms with Crippen LogP contribution in [0.25, 0.3) is 0 Å². The smallest absolute Gasteiger partial charge is 0.325 e. The van der Waals surface area contributed by atoms with Crippen molar-refractivity contribution in [3.05, 3.63) is 23.8 Å². The normalized spacial score (nSPS) is 14.5. The van der Waals surface area contributed by atoms with Crippen molar-refractivity contribution >= 4 is 29.2 Å². The van der Waals surface area contributed by atoms with Gasteiger partial charge in [0.15, 0.2) is 0 Å². The number of carbonyl (C=O) groups is 3. The molecule has 0 aliphatic carbocycles. The third-order valence-electron chi connectivity index (χ3n) is 2.72. The number of urea groups is 1. The van der Waals surface area contributed by atoms with Crippen molar-refractivity contribution in [2.75, 3.05) is 24.1 Å². The summed E-state index contributed by atoms with van der Waals surface area (Å²) < 4.78 is 0. The van der Waals surface area contributed by atoms with E-state index in [2.05, 4.69) is 10.6 Å². The van der Waals surface area contributed by atoms with E-state index >= 15 is 0 Å². The Balaban J connectivity index is 2.01. The lowest BCUT2D eigenvalue weighted by atomic mass is 10.2. The average molecular weight is 262 g/mol. The van der Waals surface area contributed by atoms with Crippen molar-refractivity contribution in [1.82, 2.24) is 10.2 Å². The van der Waals surface area contributed by atoms with E-state index in [1.54, 1.807) is 18.2 Å². The van der Waals surface area contributed by atoms with Crippen molar-refractivity contribution in [2.45, 2.75) is 6.92 Å². The second-order valence-electron chi connectivity index (χ2n) is 4.28. The van der Waals surface area contributed by atoms with E-state index in [0.29, 0.717) is 11.4 Å². The lowest BCUT2D eigenvalue weighted by molar-refractivity contribution is -0.128. The van der Waals surface area contributed by atoms with E-state index in [1.807, 2.05) is 6.92 Å². The number of amides is 4. The molecule has 2 rings (SSSR count). The van der Waals surface area contributed by atoms with Gasteiger partial charge in [-0.2, -0.15) is 0 Å². The summed E-state index contributed by atoms with van der Waals surface area (Å²) in [5.41, 5.74) is 7.63. The van der Waals surface area contributed by atoms with E-state index < -0.39 is 17.8 Å². The van der Waals surface area contributed by atoms with Crippen LogP contribution in [0.3, 0.4) is 0 Å². The van der Waals surface area contributed by atoms with E-state index in [4.69, 9.17) is 5.73 Å². The molecule has 7 nitrogen and oxygen atoms in total. The second-order valence-corrected chi connectivity index (χ2v) is 4.28. The van der Waals surface area contributed by atoms with Crippen LogP contribution in [0.1, 0.15) is 5.56 Å². The number of nitrogens with two attached hydrogens (primary N) is 1. The van der Waals surface area contributed by atoms with Crippen molar-refractivity contribution in [3.63, 3.8) is 0 Å². The Hall–Kier alpha value is -2.57. The molecule has 0 spiro atoms. The number of hydrogen-bond donors (Lipinski definition) is 3. The third kappa shape index (κ3) is 2.82. The molecule has 0 aromatic heterocycles. The summed E-state index contributed by atoms with van der Waals surface area (Å²) in [6.07, 6.45) is 0. The summed E-state index contributed by atoms with van der Waals surface area (Å²) in [7, 11) is 0. The summed E-state index contributed by atoms with van der Waals surface area (Å²) in [4.78, 5) is 35.2. The molecule has 0 unspecified atom stereocenters. The van der Waals surface area contributed by atoms with E-state index in [1.165, 1.54) is 0 Å². The SMILES string of the molecule is Cc1ccc(NC(=O)CN2C(=O)CNC2=O)c(N)c1. The first-order valence-corrected chi connectivity index (χ1v) is 5.71. The van der Waals surface area contributed by atoms with Crippen LogP contribution >= 0.6 is 0 Å². The van der Waals surface area contributed by atoms with Crippen LogP contribution in [0, 0.1) is 6.92 Å². The highest BCUT2D eigenvalue weighted by Gasteiger charge is 2.30. The number of imide groups is 1. The summed E-state index contributed by atoms with van der Waals surface area (Å²) in [6, 6.07) is 4.65. The van der Waals surface area contributed by atoms with Crippen LogP contribution in [-0.2, 0) is 9.59 Å². The Morgan fingerprint density at radius 2 is 2.21 bits per heavy atom. The van der Waals surface area contributed by atoms with Crippen LogP contribution in [0.4, 0.5) is 16.2 Å². The Kier molecular flexibility index (Phi) is 3.37. The Labute approximate surface area is 109 Å². The predicted molar refractivity (Wildman–Crippen MR) is 69.3 cm³/mol. The number of nitrogens with zero attached hydrogens (tertiary/aromatic N) is 1. The van der Waals surface area contributed by atoms with E-state index in [-0.39, 0.29) is 13.1 Å². The van der Waals surface area contributed by atoms with E-state index in [0.717, 1.165) is 10.5 Å². The molecule has 1 fully saturated rings. The molecule has 4 N–H and O–H groups in total. The van der Waals surface area contributed by atoms with Gasteiger partial charge in [0.2, 0.25) is 5.91 Å². The third-order valence-corrected chi connectivity index (χ3v) is 2.72. The predicted octanol–water partition coefficient (Wildman–Crippen LogP) is 0.0675. The quantitative estimate of drug-likeness (QED) is 0.529. The molecular formula is C12H14N4O3. The van der Waals surface area contributed by atoms with Crippen molar-refractivity contribution < 1.29 is 14.4 Å². The summed E-state index contributed by atoms with van der Waals surface area (Å²) in [5.74, 6) is -0.891. The van der Waals surface area contributed by atoms with Gasteiger partial charge >= 0.3 is 6.03 Å².